The van der Waals surface area contributed by atoms with Gasteiger partial charge in [-0.3, -0.25) is 19.5 Å². The van der Waals surface area contributed by atoms with Crippen LogP contribution in [0, 0.1) is 0 Å². The Morgan fingerprint density at radius 1 is 1.06 bits per heavy atom. The average Bonchev–Trinajstić information content (AvgIpc) is 3.19. The van der Waals surface area contributed by atoms with Crippen LogP contribution >= 0.6 is 0 Å². The summed E-state index contributed by atoms with van der Waals surface area (Å²) in [6.45, 7) is 3.50. The Hall–Kier alpha value is -2.73. The van der Waals surface area contributed by atoms with E-state index >= 15 is 0 Å². The maximum Gasteiger partial charge on any atom is 0.254 e. The van der Waals surface area contributed by atoms with Gasteiger partial charge in [0.1, 0.15) is 0 Å². The third-order valence-corrected chi connectivity index (χ3v) is 7.75. The number of amides is 2. The molecule has 1 aromatic heterocycles. The minimum absolute atomic E-state index is 0.101. The van der Waals surface area contributed by atoms with Crippen molar-refractivity contribution in [2.24, 2.45) is 0 Å². The number of hydrogen-bond donors (Lipinski definition) is 1. The van der Waals surface area contributed by atoms with Gasteiger partial charge < -0.3 is 10.2 Å². The number of benzene rings is 1. The zero-order chi connectivity index (χ0) is 22.7. The van der Waals surface area contributed by atoms with E-state index in [1.165, 1.54) is 12.0 Å². The van der Waals surface area contributed by atoms with Gasteiger partial charge in [-0.2, -0.15) is 0 Å². The van der Waals surface area contributed by atoms with Crippen molar-refractivity contribution in [2.75, 3.05) is 13.1 Å². The van der Waals surface area contributed by atoms with Crippen molar-refractivity contribution >= 4 is 11.8 Å². The largest absolute Gasteiger partial charge is 0.353 e. The molecule has 1 aromatic carbocycles. The Morgan fingerprint density at radius 2 is 1.85 bits per heavy atom. The van der Waals surface area contributed by atoms with Gasteiger partial charge in [0, 0.05) is 56.6 Å². The summed E-state index contributed by atoms with van der Waals surface area (Å²) in [6, 6.07) is 12.2. The van der Waals surface area contributed by atoms with Crippen LogP contribution in [-0.4, -0.2) is 51.3 Å². The molecule has 1 aliphatic carbocycles. The van der Waals surface area contributed by atoms with E-state index in [4.69, 9.17) is 0 Å². The molecule has 2 aliphatic heterocycles. The minimum Gasteiger partial charge on any atom is -0.353 e. The van der Waals surface area contributed by atoms with Gasteiger partial charge in [-0.25, -0.2) is 0 Å². The molecule has 3 aliphatic rings. The molecule has 6 heteroatoms. The van der Waals surface area contributed by atoms with E-state index in [9.17, 15) is 9.59 Å². The van der Waals surface area contributed by atoms with Crippen LogP contribution in [0.25, 0.3) is 0 Å². The molecule has 2 amide bonds. The third kappa shape index (κ3) is 4.81. The van der Waals surface area contributed by atoms with Gasteiger partial charge in [-0.15, -0.1) is 0 Å². The SMILES string of the molecule is O=C(CC1(N2Cc3ccccc3C2=O)CCCCC1)NC1CCN(Cc2cccnc2)CC1. The van der Waals surface area contributed by atoms with Crippen LogP contribution < -0.4 is 5.32 Å². The van der Waals surface area contributed by atoms with Gasteiger partial charge in [0.15, 0.2) is 0 Å². The van der Waals surface area contributed by atoms with Crippen molar-refractivity contribution in [1.29, 1.82) is 0 Å². The molecule has 1 saturated carbocycles. The summed E-state index contributed by atoms with van der Waals surface area (Å²) in [5.41, 5.74) is 2.78. The number of carbonyl (C=O) groups is 2. The lowest BCUT2D eigenvalue weighted by atomic mass is 9.77. The van der Waals surface area contributed by atoms with E-state index in [0.717, 1.165) is 69.3 Å². The van der Waals surface area contributed by atoms with Crippen molar-refractivity contribution in [3.63, 3.8) is 0 Å². The summed E-state index contributed by atoms with van der Waals surface area (Å²) in [6.07, 6.45) is 11.3. The fraction of sp³-hybridized carbons (Fsp3) is 0.519. The number of nitrogens with one attached hydrogen (secondary N) is 1. The van der Waals surface area contributed by atoms with Crippen LogP contribution in [-0.2, 0) is 17.9 Å². The normalized spacial score (nSPS) is 21.1. The second-order valence-corrected chi connectivity index (χ2v) is 9.99. The molecular weight excluding hydrogens is 412 g/mol. The molecule has 33 heavy (non-hydrogen) atoms. The molecule has 0 atom stereocenters. The Bertz CT molecular complexity index is 979. The van der Waals surface area contributed by atoms with Gasteiger partial charge in [0.25, 0.3) is 5.91 Å². The zero-order valence-electron chi connectivity index (χ0n) is 19.3. The molecule has 0 bridgehead atoms. The Labute approximate surface area is 196 Å². The Balaban J connectivity index is 1.19. The number of nitrogens with zero attached hydrogens (tertiary/aromatic N) is 3. The monoisotopic (exact) mass is 446 g/mol. The quantitative estimate of drug-likeness (QED) is 0.731. The van der Waals surface area contributed by atoms with Gasteiger partial charge in [-0.1, -0.05) is 43.5 Å². The Kier molecular flexibility index (Phi) is 6.45. The highest BCUT2D eigenvalue weighted by atomic mass is 16.2. The molecule has 0 spiro atoms. The zero-order valence-corrected chi connectivity index (χ0v) is 19.3. The minimum atomic E-state index is -0.348. The number of rotatable bonds is 6. The van der Waals surface area contributed by atoms with E-state index in [-0.39, 0.29) is 23.4 Å². The number of piperidine rings is 1. The lowest BCUT2D eigenvalue weighted by molar-refractivity contribution is -0.125. The summed E-state index contributed by atoms with van der Waals surface area (Å²) in [7, 11) is 0. The first kappa shape index (κ1) is 22.1. The Morgan fingerprint density at radius 3 is 2.58 bits per heavy atom. The summed E-state index contributed by atoms with van der Waals surface area (Å²) >= 11 is 0. The molecule has 6 nitrogen and oxygen atoms in total. The van der Waals surface area contributed by atoms with Crippen LogP contribution in [0.5, 0.6) is 0 Å². The molecule has 174 valence electrons. The predicted octanol–water partition coefficient (Wildman–Crippen LogP) is 3.91. The van der Waals surface area contributed by atoms with E-state index in [0.29, 0.717) is 13.0 Å². The van der Waals surface area contributed by atoms with Crippen molar-refractivity contribution in [3.05, 3.63) is 65.5 Å². The number of carbonyl (C=O) groups excluding carboxylic acids is 2. The molecule has 1 N–H and O–H groups in total. The van der Waals surface area contributed by atoms with Gasteiger partial charge in [0.05, 0.1) is 5.54 Å². The van der Waals surface area contributed by atoms with E-state index in [1.807, 2.05) is 41.4 Å². The predicted molar refractivity (Wildman–Crippen MR) is 127 cm³/mol. The molecule has 2 aromatic rings. The first-order valence-corrected chi connectivity index (χ1v) is 12.4. The molecule has 0 radical (unpaired) electrons. The lowest BCUT2D eigenvalue weighted by Gasteiger charge is -2.44. The van der Waals surface area contributed by atoms with Crippen molar-refractivity contribution in [3.8, 4) is 0 Å². The number of hydrogen-bond acceptors (Lipinski definition) is 4. The summed E-state index contributed by atoms with van der Waals surface area (Å²) in [4.78, 5) is 35.1. The molecule has 1 saturated heterocycles. The molecule has 2 fully saturated rings. The fourth-order valence-corrected chi connectivity index (χ4v) is 5.95. The smallest absolute Gasteiger partial charge is 0.254 e. The summed E-state index contributed by atoms with van der Waals surface area (Å²) in [5, 5.41) is 3.32. The lowest BCUT2D eigenvalue weighted by Crippen LogP contribution is -2.54. The van der Waals surface area contributed by atoms with Gasteiger partial charge in [0.2, 0.25) is 5.91 Å². The average molecular weight is 447 g/mol. The van der Waals surface area contributed by atoms with Crippen molar-refractivity contribution in [1.82, 2.24) is 20.1 Å². The van der Waals surface area contributed by atoms with E-state index in [1.54, 1.807) is 6.20 Å². The third-order valence-electron chi connectivity index (χ3n) is 7.75. The summed E-state index contributed by atoms with van der Waals surface area (Å²) in [5.74, 6) is 0.204. The molecule has 5 rings (SSSR count). The molecule has 3 heterocycles. The second-order valence-electron chi connectivity index (χ2n) is 9.99. The van der Waals surface area contributed by atoms with E-state index in [2.05, 4.69) is 21.3 Å². The fourth-order valence-electron chi connectivity index (χ4n) is 5.95. The topological polar surface area (TPSA) is 65.5 Å². The number of likely N-dealkylation sites (tertiary alicyclic amines) is 1. The first-order valence-electron chi connectivity index (χ1n) is 12.4. The van der Waals surface area contributed by atoms with Gasteiger partial charge >= 0.3 is 0 Å². The summed E-state index contributed by atoms with van der Waals surface area (Å²) < 4.78 is 0. The maximum absolute atomic E-state index is 13.2. The highest BCUT2D eigenvalue weighted by molar-refractivity contribution is 5.99. The highest BCUT2D eigenvalue weighted by Gasteiger charge is 2.45. The van der Waals surface area contributed by atoms with Crippen LogP contribution in [0.1, 0.15) is 72.9 Å². The number of aromatic nitrogens is 1. The molecule has 0 unspecified atom stereocenters. The second kappa shape index (κ2) is 9.64. The molecular formula is C27H34N4O2. The van der Waals surface area contributed by atoms with Crippen LogP contribution in [0.4, 0.5) is 0 Å². The highest BCUT2D eigenvalue weighted by Crippen LogP contribution is 2.41. The van der Waals surface area contributed by atoms with Crippen molar-refractivity contribution < 1.29 is 9.59 Å². The maximum atomic E-state index is 13.2. The van der Waals surface area contributed by atoms with Crippen molar-refractivity contribution in [2.45, 2.75) is 76.0 Å². The first-order chi connectivity index (χ1) is 16.1. The van der Waals surface area contributed by atoms with Crippen LogP contribution in [0.3, 0.4) is 0 Å². The van der Waals surface area contributed by atoms with Crippen LogP contribution in [0.15, 0.2) is 48.8 Å². The number of pyridine rings is 1. The number of fused-ring (bicyclic) bond motifs is 1. The van der Waals surface area contributed by atoms with Gasteiger partial charge in [-0.05, 0) is 48.9 Å². The standard InChI is InChI=1S/C27H34N4O2/c32-25(29-23-10-15-30(16-11-23)19-21-7-6-14-28-18-21)17-27(12-4-1-5-13-27)31-20-22-8-2-3-9-24(22)26(31)33/h2-3,6-9,14,18,23H,1,4-5,10-13,15-17,19-20H2,(H,29,32). The van der Waals surface area contributed by atoms with Crippen LogP contribution in [0.2, 0.25) is 0 Å². The van der Waals surface area contributed by atoms with E-state index < -0.39 is 0 Å².